The van der Waals surface area contributed by atoms with Crippen LogP contribution in [0.25, 0.3) is 235 Å². The van der Waals surface area contributed by atoms with Crippen molar-refractivity contribution in [2.24, 2.45) is 0 Å². The lowest BCUT2D eigenvalue weighted by Gasteiger charge is -2.24. The maximum Gasteiger partial charge on any atom is 0.164 e. The van der Waals surface area contributed by atoms with Gasteiger partial charge in [0.25, 0.3) is 0 Å². The fraction of sp³-hybridized carbons (Fsp3) is 0.0714. The maximum atomic E-state index is 5.02. The van der Waals surface area contributed by atoms with Gasteiger partial charge in [-0.3, -0.25) is 29.9 Å². The van der Waals surface area contributed by atoms with Gasteiger partial charge in [0.2, 0.25) is 0 Å². The van der Waals surface area contributed by atoms with Gasteiger partial charge in [0, 0.05) is 136 Å². The summed E-state index contributed by atoms with van der Waals surface area (Å²) in [7, 11) is 0. The molecule has 0 radical (unpaired) electrons. The van der Waals surface area contributed by atoms with Crippen LogP contribution in [0.2, 0.25) is 0 Å². The molecule has 0 unspecified atom stereocenters. The summed E-state index contributed by atoms with van der Waals surface area (Å²) < 4.78 is 0. The molecule has 0 amide bonds. The van der Waals surface area contributed by atoms with Crippen molar-refractivity contribution in [3.63, 3.8) is 0 Å². The van der Waals surface area contributed by atoms with Gasteiger partial charge in [-0.1, -0.05) is 266 Å². The van der Waals surface area contributed by atoms with Gasteiger partial charge in [-0.2, -0.15) is 0 Å². The van der Waals surface area contributed by atoms with E-state index in [9.17, 15) is 0 Å². The summed E-state index contributed by atoms with van der Waals surface area (Å²) >= 11 is 0. The molecular formula is C126H87N15. The summed E-state index contributed by atoms with van der Waals surface area (Å²) in [6, 6.07) is 133. The molecule has 0 aliphatic heterocycles. The molecule has 27 rings (SSSR count). The second-order valence-corrected chi connectivity index (χ2v) is 37.9. The van der Waals surface area contributed by atoms with Crippen LogP contribution in [0.4, 0.5) is 0 Å². The van der Waals surface area contributed by atoms with E-state index in [0.717, 1.165) is 127 Å². The van der Waals surface area contributed by atoms with Crippen LogP contribution < -0.4 is 0 Å². The molecule has 9 aromatic heterocycles. The largest absolute Gasteiger partial charge is 0.256 e. The second kappa shape index (κ2) is 34.2. The molecular weight excluding hydrogens is 1720 g/mol. The molecule has 0 atom stereocenters. The zero-order valence-electron chi connectivity index (χ0n) is 78.0. The predicted molar refractivity (Wildman–Crippen MR) is 569 cm³/mol. The Morgan fingerprint density at radius 1 is 0.142 bits per heavy atom. The van der Waals surface area contributed by atoms with E-state index in [1.165, 1.54) is 89.0 Å². The summed E-state index contributed by atoms with van der Waals surface area (Å²) in [6.45, 7) is 13.9. The standard InChI is InChI=1S/3C42H29N5/c1-42(2)35-13-4-3-10-33(35)34-12-5-11-32(38(34)42)26-14-16-27(17-15-26)39-45-40(30-18-20-36-28(24-30)8-6-22-43-36)47-41(46-39)31-19-21-37-29(25-31)9-7-23-44-37;1-42(2)35-10-4-3-9-33(35)34-25-28(15-18-36(34)42)26-11-13-27(14-12-26)39-45-40(31-16-19-37-29(23-31)7-5-21-43-37)47-41(46-39)32-17-20-38-30(24-32)8-6-22-44-38;1-42(2)35-10-4-3-9-33(35)34-18-15-28(25-36(34)42)26-11-13-27(14-12-26)39-45-40(31-16-19-37-29(23-31)7-5-21-43-37)47-41(46-39)32-17-20-38-30(24-32)8-6-22-44-38/h3*3-25H,1-2H3. The highest BCUT2D eigenvalue weighted by Gasteiger charge is 2.39. The fourth-order valence-electron chi connectivity index (χ4n) is 20.9. The van der Waals surface area contributed by atoms with Crippen LogP contribution >= 0.6 is 0 Å². The molecule has 0 saturated heterocycles. The van der Waals surface area contributed by atoms with Gasteiger partial charge in [-0.05, 0) is 258 Å². The summed E-state index contributed by atoms with van der Waals surface area (Å²) in [4.78, 5) is 71.9. The van der Waals surface area contributed by atoms with E-state index < -0.39 is 0 Å². The molecule has 0 bridgehead atoms. The molecule has 3 aliphatic carbocycles. The molecule has 0 N–H and O–H groups in total. The van der Waals surface area contributed by atoms with E-state index in [4.69, 9.17) is 44.9 Å². The van der Waals surface area contributed by atoms with Crippen molar-refractivity contribution in [1.29, 1.82) is 0 Å². The second-order valence-electron chi connectivity index (χ2n) is 37.9. The third-order valence-electron chi connectivity index (χ3n) is 28.2. The summed E-state index contributed by atoms with van der Waals surface area (Å²) in [5.74, 6) is 5.58. The zero-order chi connectivity index (χ0) is 94.6. The molecule has 141 heavy (non-hydrogen) atoms. The van der Waals surface area contributed by atoms with Gasteiger partial charge in [-0.25, -0.2) is 44.9 Å². The molecule has 3 aliphatic rings. The Bertz CT molecular complexity index is 8870. The maximum absolute atomic E-state index is 5.02. The van der Waals surface area contributed by atoms with Crippen LogP contribution in [-0.2, 0) is 16.2 Å². The topological polar surface area (TPSA) is 193 Å². The van der Waals surface area contributed by atoms with Crippen LogP contribution in [0.5, 0.6) is 0 Å². The van der Waals surface area contributed by atoms with Gasteiger partial charge in [-0.15, -0.1) is 0 Å². The first-order valence-corrected chi connectivity index (χ1v) is 47.5. The Labute approximate surface area is 814 Å². The average molecular weight is 1810 g/mol. The summed E-state index contributed by atoms with van der Waals surface area (Å²) in [6.07, 6.45) is 10.8. The van der Waals surface area contributed by atoms with Crippen molar-refractivity contribution >= 4 is 65.4 Å². The van der Waals surface area contributed by atoms with Crippen LogP contribution in [-0.4, -0.2) is 74.8 Å². The van der Waals surface area contributed by atoms with E-state index >= 15 is 0 Å². The highest BCUT2D eigenvalue weighted by atomic mass is 15.1. The number of hydrogen-bond donors (Lipinski definition) is 0. The number of fused-ring (bicyclic) bond motifs is 15. The number of aromatic nitrogens is 15. The van der Waals surface area contributed by atoms with Gasteiger partial charge < -0.3 is 0 Å². The summed E-state index contributed by atoms with van der Waals surface area (Å²) in [5.41, 5.74) is 37.0. The van der Waals surface area contributed by atoms with Crippen LogP contribution in [0.15, 0.2) is 419 Å². The minimum Gasteiger partial charge on any atom is -0.256 e. The number of benzene rings is 15. The van der Waals surface area contributed by atoms with Crippen LogP contribution in [0, 0.1) is 0 Å². The lowest BCUT2D eigenvalue weighted by Crippen LogP contribution is -2.16. The first kappa shape index (κ1) is 84.5. The molecule has 9 heterocycles. The monoisotopic (exact) mass is 1810 g/mol. The van der Waals surface area contributed by atoms with Gasteiger partial charge in [0.05, 0.1) is 33.1 Å². The Balaban J connectivity index is 0.000000111. The van der Waals surface area contributed by atoms with Crippen molar-refractivity contribution < 1.29 is 0 Å². The van der Waals surface area contributed by atoms with Crippen molar-refractivity contribution in [3.8, 4) is 169 Å². The number of rotatable bonds is 12. The van der Waals surface area contributed by atoms with Gasteiger partial charge in [0.1, 0.15) is 0 Å². The molecule has 0 spiro atoms. The normalized spacial score (nSPS) is 13.1. The van der Waals surface area contributed by atoms with Crippen molar-refractivity contribution in [2.75, 3.05) is 0 Å². The van der Waals surface area contributed by atoms with E-state index in [1.54, 1.807) is 0 Å². The fourth-order valence-corrected chi connectivity index (χ4v) is 20.9. The van der Waals surface area contributed by atoms with Gasteiger partial charge >= 0.3 is 0 Å². The lowest BCUT2D eigenvalue weighted by molar-refractivity contribution is 0.660. The minimum atomic E-state index is -0.0933. The minimum absolute atomic E-state index is 0.00841. The molecule has 0 saturated carbocycles. The molecule has 15 nitrogen and oxygen atoms in total. The SMILES string of the molecule is CC1(C)c2ccccc2-c2cc(-c3ccc(-c4nc(-c5ccc6ncccc6c5)nc(-c5ccc6ncccc6c5)n4)cc3)ccc21.CC1(C)c2ccccc2-c2ccc(-c3ccc(-c4nc(-c5ccc6ncccc6c5)nc(-c5ccc6ncccc6c5)n4)cc3)cc21.CC1(C)c2ccccc2-c2cccc(-c3ccc(-c4nc(-c5ccc6ncccc6c5)nc(-c5ccc6ncccc6c5)n4)cc3)c21. The van der Waals surface area contributed by atoms with Crippen molar-refractivity contribution in [1.82, 2.24) is 74.8 Å². The average Bonchev–Trinajstić information content (AvgIpc) is 1.58. The van der Waals surface area contributed by atoms with E-state index in [2.05, 4.69) is 344 Å². The Kier molecular flexibility index (Phi) is 20.5. The third kappa shape index (κ3) is 15.4. The first-order valence-electron chi connectivity index (χ1n) is 47.5. The quantitative estimate of drug-likeness (QED) is 0.112. The Morgan fingerprint density at radius 2 is 0.376 bits per heavy atom. The third-order valence-corrected chi connectivity index (χ3v) is 28.2. The van der Waals surface area contributed by atoms with Gasteiger partial charge in [0.15, 0.2) is 52.4 Å². The molecule has 0 fully saturated rings. The number of nitrogens with zero attached hydrogens (tertiary/aromatic N) is 15. The van der Waals surface area contributed by atoms with E-state index in [0.29, 0.717) is 52.4 Å². The number of pyridine rings is 6. The zero-order valence-corrected chi connectivity index (χ0v) is 78.0. The molecule has 24 aromatic rings. The lowest BCUT2D eigenvalue weighted by atomic mass is 9.79. The van der Waals surface area contributed by atoms with E-state index in [-0.39, 0.29) is 16.2 Å². The highest BCUT2D eigenvalue weighted by molar-refractivity contribution is 5.94. The van der Waals surface area contributed by atoms with Crippen molar-refractivity contribution in [2.45, 2.75) is 57.8 Å². The Morgan fingerprint density at radius 3 is 0.723 bits per heavy atom. The molecule has 15 heteroatoms. The first-order chi connectivity index (χ1) is 69.0. The summed E-state index contributed by atoms with van der Waals surface area (Å²) in [5, 5.41) is 6.22. The van der Waals surface area contributed by atoms with Crippen LogP contribution in [0.3, 0.4) is 0 Å². The van der Waals surface area contributed by atoms with Crippen molar-refractivity contribution in [3.05, 3.63) is 453 Å². The number of hydrogen-bond acceptors (Lipinski definition) is 15. The highest BCUT2D eigenvalue weighted by Crippen LogP contribution is 2.55. The van der Waals surface area contributed by atoms with E-state index in [1.807, 2.05) is 146 Å². The predicted octanol–water partition coefficient (Wildman–Crippen LogP) is 29.8. The molecule has 15 aromatic carbocycles. The van der Waals surface area contributed by atoms with Crippen LogP contribution in [0.1, 0.15) is 74.9 Å². The Hall–Kier alpha value is -18.2. The molecule has 666 valence electrons. The smallest absolute Gasteiger partial charge is 0.164 e.